The number of aromatic nitrogens is 2. The van der Waals surface area contributed by atoms with Gasteiger partial charge in [-0.3, -0.25) is 5.32 Å². The van der Waals surface area contributed by atoms with Crippen molar-refractivity contribution in [2.45, 2.75) is 0 Å². The first kappa shape index (κ1) is 19.9. The van der Waals surface area contributed by atoms with Crippen molar-refractivity contribution in [2.24, 2.45) is 0 Å². The number of rotatable bonds is 4. The summed E-state index contributed by atoms with van der Waals surface area (Å²) in [5.74, 6) is 0.0363. The predicted octanol–water partition coefficient (Wildman–Crippen LogP) is 6.73. The van der Waals surface area contributed by atoms with Gasteiger partial charge in [-0.1, -0.05) is 77.8 Å². The number of ether oxygens (including phenoxy) is 1. The van der Waals surface area contributed by atoms with E-state index in [1.165, 1.54) is 6.20 Å². The van der Waals surface area contributed by atoms with E-state index >= 15 is 0 Å². The molecule has 30 heavy (non-hydrogen) atoms. The van der Waals surface area contributed by atoms with Crippen LogP contribution in [0.4, 0.5) is 10.5 Å². The summed E-state index contributed by atoms with van der Waals surface area (Å²) in [5, 5.41) is 3.66. The van der Waals surface area contributed by atoms with Gasteiger partial charge in [-0.2, -0.15) is 0 Å². The predicted molar refractivity (Wildman–Crippen MR) is 119 cm³/mol. The van der Waals surface area contributed by atoms with E-state index < -0.39 is 6.09 Å². The number of anilines is 1. The molecule has 148 valence electrons. The highest BCUT2D eigenvalue weighted by atomic mass is 35.5. The van der Waals surface area contributed by atoms with Gasteiger partial charge < -0.3 is 4.74 Å². The van der Waals surface area contributed by atoms with Crippen LogP contribution in [0.1, 0.15) is 0 Å². The van der Waals surface area contributed by atoms with Crippen molar-refractivity contribution < 1.29 is 9.53 Å². The van der Waals surface area contributed by atoms with Gasteiger partial charge in [-0.05, 0) is 24.3 Å². The molecule has 0 bridgehead atoms. The van der Waals surface area contributed by atoms with Gasteiger partial charge in [0, 0.05) is 16.8 Å². The molecule has 0 atom stereocenters. The maximum Gasteiger partial charge on any atom is 0.418 e. The van der Waals surface area contributed by atoms with E-state index in [1.807, 2.05) is 54.6 Å². The largest absolute Gasteiger partial charge is 0.418 e. The minimum Gasteiger partial charge on any atom is -0.389 e. The zero-order valence-electron chi connectivity index (χ0n) is 15.5. The Morgan fingerprint density at radius 2 is 1.33 bits per heavy atom. The fourth-order valence-electron chi connectivity index (χ4n) is 2.87. The number of hydrogen-bond acceptors (Lipinski definition) is 4. The lowest BCUT2D eigenvalue weighted by Gasteiger charge is -2.13. The van der Waals surface area contributed by atoms with Gasteiger partial charge in [0.2, 0.25) is 5.88 Å². The van der Waals surface area contributed by atoms with Gasteiger partial charge in [0.15, 0.2) is 0 Å². The van der Waals surface area contributed by atoms with Crippen molar-refractivity contribution >= 4 is 35.0 Å². The van der Waals surface area contributed by atoms with E-state index in [4.69, 9.17) is 27.9 Å². The summed E-state index contributed by atoms with van der Waals surface area (Å²) in [5.41, 5.74) is 2.94. The van der Waals surface area contributed by atoms with Gasteiger partial charge in [-0.15, -0.1) is 0 Å². The third-order valence-electron chi connectivity index (χ3n) is 4.23. The lowest BCUT2D eigenvalue weighted by Crippen LogP contribution is -2.17. The minimum atomic E-state index is -0.675. The first-order chi connectivity index (χ1) is 14.6. The summed E-state index contributed by atoms with van der Waals surface area (Å²) in [6.45, 7) is 0. The molecule has 4 rings (SSSR count). The van der Waals surface area contributed by atoms with Crippen molar-refractivity contribution in [3.8, 4) is 28.4 Å². The van der Waals surface area contributed by atoms with Gasteiger partial charge in [0.1, 0.15) is 5.69 Å². The van der Waals surface area contributed by atoms with E-state index in [2.05, 4.69) is 15.3 Å². The minimum absolute atomic E-state index is 0.0363. The molecule has 4 aromatic rings. The number of nitrogens with one attached hydrogen (secondary N) is 1. The van der Waals surface area contributed by atoms with Gasteiger partial charge in [-0.25, -0.2) is 14.8 Å². The number of carbonyl (C=O) groups is 1. The molecule has 0 saturated heterocycles. The summed E-state index contributed by atoms with van der Waals surface area (Å²) in [6.07, 6.45) is 0.704. The average molecular weight is 436 g/mol. The molecule has 5 nitrogen and oxygen atoms in total. The Bertz CT molecular complexity index is 1200. The maximum atomic E-state index is 12.3. The molecule has 1 N–H and O–H groups in total. The molecular weight excluding hydrogens is 421 g/mol. The van der Waals surface area contributed by atoms with E-state index in [-0.39, 0.29) is 5.88 Å². The van der Waals surface area contributed by atoms with Gasteiger partial charge in [0.05, 0.1) is 21.9 Å². The molecule has 0 saturated carbocycles. The second kappa shape index (κ2) is 8.95. The van der Waals surface area contributed by atoms with Crippen LogP contribution in [0.25, 0.3) is 22.5 Å². The van der Waals surface area contributed by atoms with Crippen LogP contribution in [0.2, 0.25) is 10.0 Å². The number of hydrogen-bond donors (Lipinski definition) is 1. The standard InChI is InChI=1S/C23H15Cl2N3O2/c24-18-12-6-4-10-16(18)21-22(17-11-5-7-13-19(17)25)28-20(14-26-21)30-23(29)27-15-8-2-1-3-9-15/h1-14H,(H,27,29). The highest BCUT2D eigenvalue weighted by molar-refractivity contribution is 6.34. The first-order valence-corrected chi connectivity index (χ1v) is 9.78. The zero-order valence-corrected chi connectivity index (χ0v) is 17.1. The van der Waals surface area contributed by atoms with Crippen molar-refractivity contribution in [2.75, 3.05) is 5.32 Å². The Morgan fingerprint density at radius 3 is 1.97 bits per heavy atom. The number of benzene rings is 3. The third kappa shape index (κ3) is 4.43. The summed E-state index contributed by atoms with van der Waals surface area (Å²) in [6, 6.07) is 23.5. The molecular formula is C23H15Cl2N3O2. The Hall–Kier alpha value is -3.41. The van der Waals surface area contributed by atoms with E-state index in [0.717, 1.165) is 0 Å². The van der Waals surface area contributed by atoms with E-state index in [0.29, 0.717) is 38.2 Å². The Morgan fingerprint density at radius 1 is 0.767 bits per heavy atom. The van der Waals surface area contributed by atoms with Crippen molar-refractivity contribution in [3.63, 3.8) is 0 Å². The fraction of sp³-hybridized carbons (Fsp3) is 0. The lowest BCUT2D eigenvalue weighted by molar-refractivity contribution is 0.213. The van der Waals surface area contributed by atoms with Gasteiger partial charge in [0.25, 0.3) is 0 Å². The molecule has 0 unspecified atom stereocenters. The van der Waals surface area contributed by atoms with E-state index in [9.17, 15) is 4.79 Å². The first-order valence-electron chi connectivity index (χ1n) is 9.02. The van der Waals surface area contributed by atoms with Crippen LogP contribution >= 0.6 is 23.2 Å². The molecule has 0 aliphatic rings. The highest BCUT2D eigenvalue weighted by Gasteiger charge is 2.18. The Kier molecular flexibility index (Phi) is 5.93. The van der Waals surface area contributed by atoms with Crippen LogP contribution < -0.4 is 10.1 Å². The van der Waals surface area contributed by atoms with Crippen LogP contribution in [0.3, 0.4) is 0 Å². The van der Waals surface area contributed by atoms with Crippen LogP contribution in [-0.2, 0) is 0 Å². The number of nitrogens with zero attached hydrogens (tertiary/aromatic N) is 2. The molecule has 7 heteroatoms. The van der Waals surface area contributed by atoms with Gasteiger partial charge >= 0.3 is 6.09 Å². The SMILES string of the molecule is O=C(Nc1ccccc1)Oc1cnc(-c2ccccc2Cl)c(-c2ccccc2Cl)n1. The summed E-state index contributed by atoms with van der Waals surface area (Å²) >= 11 is 12.8. The lowest BCUT2D eigenvalue weighted by atomic mass is 10.0. The molecule has 0 fully saturated rings. The second-order valence-electron chi connectivity index (χ2n) is 6.25. The Labute approximate surface area is 183 Å². The topological polar surface area (TPSA) is 64.1 Å². The van der Waals surface area contributed by atoms with Crippen LogP contribution in [0.15, 0.2) is 85.1 Å². The quantitative estimate of drug-likeness (QED) is 0.385. The molecule has 0 aliphatic heterocycles. The molecule has 1 heterocycles. The van der Waals surface area contributed by atoms with Crippen LogP contribution in [0, 0.1) is 0 Å². The molecule has 1 amide bonds. The van der Waals surface area contributed by atoms with E-state index in [1.54, 1.807) is 24.3 Å². The summed E-state index contributed by atoms with van der Waals surface area (Å²) in [7, 11) is 0. The normalized spacial score (nSPS) is 10.5. The molecule has 1 aromatic heterocycles. The Balaban J connectivity index is 1.72. The highest BCUT2D eigenvalue weighted by Crippen LogP contribution is 2.37. The number of halogens is 2. The molecule has 0 spiro atoms. The smallest absolute Gasteiger partial charge is 0.389 e. The second-order valence-corrected chi connectivity index (χ2v) is 7.06. The summed E-state index contributed by atoms with van der Waals surface area (Å²) in [4.78, 5) is 21.2. The maximum absolute atomic E-state index is 12.3. The average Bonchev–Trinajstić information content (AvgIpc) is 2.75. The molecule has 3 aromatic carbocycles. The summed E-state index contributed by atoms with van der Waals surface area (Å²) < 4.78 is 5.34. The molecule has 0 aliphatic carbocycles. The van der Waals surface area contributed by atoms with Crippen LogP contribution in [0.5, 0.6) is 5.88 Å². The number of amides is 1. The van der Waals surface area contributed by atoms with Crippen molar-refractivity contribution in [1.29, 1.82) is 0 Å². The monoisotopic (exact) mass is 435 g/mol. The number of para-hydroxylation sites is 1. The number of carbonyl (C=O) groups excluding carboxylic acids is 1. The van der Waals surface area contributed by atoms with Crippen LogP contribution in [-0.4, -0.2) is 16.1 Å². The fourth-order valence-corrected chi connectivity index (χ4v) is 3.32. The zero-order chi connectivity index (χ0) is 20.9. The third-order valence-corrected chi connectivity index (χ3v) is 4.88. The molecule has 0 radical (unpaired) electrons. The van der Waals surface area contributed by atoms with Crippen molar-refractivity contribution in [1.82, 2.24) is 9.97 Å². The van der Waals surface area contributed by atoms with Crippen molar-refractivity contribution in [3.05, 3.63) is 95.1 Å².